The highest BCUT2D eigenvalue weighted by molar-refractivity contribution is 6.31. The van der Waals surface area contributed by atoms with Crippen LogP contribution in [-0.2, 0) is 6.54 Å². The van der Waals surface area contributed by atoms with Crippen LogP contribution in [0.5, 0.6) is 0 Å². The molecule has 0 saturated heterocycles. The third-order valence-corrected chi connectivity index (χ3v) is 4.72. The average molecular weight is 352 g/mol. The van der Waals surface area contributed by atoms with Crippen molar-refractivity contribution in [2.24, 2.45) is 5.10 Å². The van der Waals surface area contributed by atoms with Crippen molar-refractivity contribution in [3.8, 4) is 5.69 Å². The summed E-state index contributed by atoms with van der Waals surface area (Å²) >= 11 is 6.16. The molecule has 0 bridgehead atoms. The molecule has 0 aliphatic heterocycles. The lowest BCUT2D eigenvalue weighted by molar-refractivity contribution is 0.748. The summed E-state index contributed by atoms with van der Waals surface area (Å²) in [5.74, 6) is 0. The van der Waals surface area contributed by atoms with Crippen molar-refractivity contribution >= 4 is 17.8 Å². The Morgan fingerprint density at radius 2 is 1.76 bits per heavy atom. The average Bonchev–Trinajstić information content (AvgIpc) is 2.88. The number of rotatable bonds is 5. The molecule has 0 atom stereocenters. The second-order valence-corrected chi connectivity index (χ2v) is 6.54. The molecular formula is C21H22ClN3. The molecular weight excluding hydrogens is 330 g/mol. The molecule has 0 aliphatic carbocycles. The maximum atomic E-state index is 6.16. The molecule has 0 radical (unpaired) electrons. The van der Waals surface area contributed by atoms with Crippen LogP contribution in [0.1, 0.15) is 28.1 Å². The molecule has 0 spiro atoms. The largest absolute Gasteiger partial charge is 0.318 e. The van der Waals surface area contributed by atoms with Gasteiger partial charge in [0.2, 0.25) is 0 Å². The molecule has 0 fully saturated rings. The molecule has 0 saturated carbocycles. The number of aryl methyl sites for hydroxylation is 2. The summed E-state index contributed by atoms with van der Waals surface area (Å²) in [5.41, 5.74) is 10.0. The van der Waals surface area contributed by atoms with Crippen molar-refractivity contribution in [2.45, 2.75) is 27.3 Å². The van der Waals surface area contributed by atoms with E-state index < -0.39 is 0 Å². The third-order valence-electron chi connectivity index (χ3n) is 4.35. The number of nitrogens with zero attached hydrogens (tertiary/aromatic N) is 2. The molecule has 1 aromatic heterocycles. The lowest BCUT2D eigenvalue weighted by atomic mass is 10.2. The van der Waals surface area contributed by atoms with E-state index in [1.165, 1.54) is 22.6 Å². The van der Waals surface area contributed by atoms with Crippen LogP contribution >= 0.6 is 11.6 Å². The van der Waals surface area contributed by atoms with Crippen molar-refractivity contribution in [3.63, 3.8) is 0 Å². The van der Waals surface area contributed by atoms with Gasteiger partial charge in [-0.05, 0) is 50.1 Å². The first-order chi connectivity index (χ1) is 12.1. The smallest absolute Gasteiger partial charge is 0.0594 e. The second kappa shape index (κ2) is 7.58. The van der Waals surface area contributed by atoms with E-state index in [-0.39, 0.29) is 0 Å². The fourth-order valence-electron chi connectivity index (χ4n) is 2.99. The van der Waals surface area contributed by atoms with E-state index in [0.717, 1.165) is 16.1 Å². The molecule has 1 N–H and O–H groups in total. The van der Waals surface area contributed by atoms with E-state index in [4.69, 9.17) is 11.6 Å². The van der Waals surface area contributed by atoms with Gasteiger partial charge in [-0.25, -0.2) is 0 Å². The molecule has 0 amide bonds. The number of para-hydroxylation sites is 1. The van der Waals surface area contributed by atoms with Crippen LogP contribution in [0.2, 0.25) is 5.02 Å². The first kappa shape index (κ1) is 17.3. The van der Waals surface area contributed by atoms with E-state index in [1.54, 1.807) is 0 Å². The highest BCUT2D eigenvalue weighted by Crippen LogP contribution is 2.22. The van der Waals surface area contributed by atoms with Crippen LogP contribution in [0.3, 0.4) is 0 Å². The minimum absolute atomic E-state index is 0.604. The number of hydrogen-bond donors (Lipinski definition) is 1. The first-order valence-corrected chi connectivity index (χ1v) is 8.70. The summed E-state index contributed by atoms with van der Waals surface area (Å²) in [4.78, 5) is 0. The van der Waals surface area contributed by atoms with Crippen molar-refractivity contribution in [3.05, 3.63) is 87.7 Å². The zero-order valence-electron chi connectivity index (χ0n) is 14.8. The molecule has 3 rings (SSSR count). The number of hydrazone groups is 1. The second-order valence-electron chi connectivity index (χ2n) is 6.13. The Labute approximate surface area is 154 Å². The molecule has 4 heteroatoms. The van der Waals surface area contributed by atoms with E-state index in [0.29, 0.717) is 6.54 Å². The summed E-state index contributed by atoms with van der Waals surface area (Å²) in [5, 5.41) is 5.12. The summed E-state index contributed by atoms with van der Waals surface area (Å²) < 4.78 is 2.27. The van der Waals surface area contributed by atoms with Crippen LogP contribution in [-0.4, -0.2) is 10.8 Å². The van der Waals surface area contributed by atoms with Gasteiger partial charge < -0.3 is 9.99 Å². The van der Waals surface area contributed by atoms with E-state index in [1.807, 2.05) is 30.5 Å². The highest BCUT2D eigenvalue weighted by atomic mass is 35.5. The van der Waals surface area contributed by atoms with Gasteiger partial charge in [-0.2, -0.15) is 5.10 Å². The van der Waals surface area contributed by atoms with Crippen LogP contribution in [0.25, 0.3) is 5.69 Å². The predicted molar refractivity (Wildman–Crippen MR) is 106 cm³/mol. The van der Waals surface area contributed by atoms with Crippen molar-refractivity contribution in [1.82, 2.24) is 9.99 Å². The minimum atomic E-state index is 0.604. The fraction of sp³-hybridized carbons (Fsp3) is 0.190. The van der Waals surface area contributed by atoms with Crippen molar-refractivity contribution < 1.29 is 0 Å². The molecule has 1 heterocycles. The maximum absolute atomic E-state index is 6.16. The van der Waals surface area contributed by atoms with E-state index in [9.17, 15) is 0 Å². The number of hydrogen-bond acceptors (Lipinski definition) is 2. The standard InChI is InChI=1S/C21H22ClN3/c1-15-8-4-7-11-21(15)25-16(2)12-19(17(25)3)14-24-23-13-18-9-5-6-10-20(18)22/h4-12,14,23H,13H2,1-3H3/b24-14-. The molecule has 0 aliphatic rings. The molecule has 2 aromatic carbocycles. The monoisotopic (exact) mass is 351 g/mol. The van der Waals surface area contributed by atoms with Gasteiger partial charge in [0.25, 0.3) is 0 Å². The van der Waals surface area contributed by atoms with E-state index in [2.05, 4.69) is 66.2 Å². The number of aromatic nitrogens is 1. The van der Waals surface area contributed by atoms with Gasteiger partial charge in [0.05, 0.1) is 12.8 Å². The normalized spacial score (nSPS) is 11.2. The highest BCUT2D eigenvalue weighted by Gasteiger charge is 2.10. The Morgan fingerprint density at radius 1 is 1.04 bits per heavy atom. The topological polar surface area (TPSA) is 29.3 Å². The van der Waals surface area contributed by atoms with Crippen molar-refractivity contribution in [1.29, 1.82) is 0 Å². The van der Waals surface area contributed by atoms with Gasteiger partial charge in [0.15, 0.2) is 0 Å². The molecule has 128 valence electrons. The van der Waals surface area contributed by atoms with Gasteiger partial charge in [0.1, 0.15) is 0 Å². The number of halogens is 1. The molecule has 3 aromatic rings. The van der Waals surface area contributed by atoms with Crippen LogP contribution in [0.15, 0.2) is 59.7 Å². The van der Waals surface area contributed by atoms with Gasteiger partial charge in [-0.3, -0.25) is 0 Å². The fourth-order valence-corrected chi connectivity index (χ4v) is 3.19. The number of benzene rings is 2. The molecule has 25 heavy (non-hydrogen) atoms. The van der Waals surface area contributed by atoms with Crippen LogP contribution in [0.4, 0.5) is 0 Å². The zero-order chi connectivity index (χ0) is 17.8. The van der Waals surface area contributed by atoms with Crippen LogP contribution in [0, 0.1) is 20.8 Å². The Bertz CT molecular complexity index is 909. The quantitative estimate of drug-likeness (QED) is 0.498. The number of nitrogens with one attached hydrogen (secondary N) is 1. The minimum Gasteiger partial charge on any atom is -0.318 e. The van der Waals surface area contributed by atoms with Gasteiger partial charge >= 0.3 is 0 Å². The Kier molecular flexibility index (Phi) is 5.25. The Balaban J connectivity index is 1.77. The molecule has 0 unspecified atom stereocenters. The SMILES string of the molecule is Cc1ccccc1-n1c(C)cc(/C=N\NCc2ccccc2Cl)c1C. The maximum Gasteiger partial charge on any atom is 0.0594 e. The lowest BCUT2D eigenvalue weighted by Gasteiger charge is -2.12. The predicted octanol–water partition coefficient (Wildman–Crippen LogP) is 5.18. The third kappa shape index (κ3) is 3.77. The van der Waals surface area contributed by atoms with Crippen LogP contribution < -0.4 is 5.43 Å². The summed E-state index contributed by atoms with van der Waals surface area (Å²) in [7, 11) is 0. The van der Waals surface area contributed by atoms with Gasteiger partial charge in [-0.1, -0.05) is 48.0 Å². The summed E-state index contributed by atoms with van der Waals surface area (Å²) in [6, 6.07) is 18.3. The lowest BCUT2D eigenvalue weighted by Crippen LogP contribution is -2.06. The van der Waals surface area contributed by atoms with Crippen molar-refractivity contribution in [2.75, 3.05) is 0 Å². The Hall–Kier alpha value is -2.52. The van der Waals surface area contributed by atoms with E-state index >= 15 is 0 Å². The zero-order valence-corrected chi connectivity index (χ0v) is 15.5. The summed E-state index contributed by atoms with van der Waals surface area (Å²) in [6.07, 6.45) is 1.87. The van der Waals surface area contributed by atoms with Gasteiger partial charge in [0, 0.05) is 27.7 Å². The first-order valence-electron chi connectivity index (χ1n) is 8.32. The Morgan fingerprint density at radius 3 is 2.52 bits per heavy atom. The molecule has 3 nitrogen and oxygen atoms in total. The van der Waals surface area contributed by atoms with Gasteiger partial charge in [-0.15, -0.1) is 0 Å². The summed E-state index contributed by atoms with van der Waals surface area (Å²) in [6.45, 7) is 6.97.